The standard InChI is InChI=1S/C27H45NO3/c1-15-4-5-24-16(2)18-7-9-27(31)20(19(18)14-28(24)13-15)11-21-22(27)12-25(30)23-10-17(29)6-8-26(21,23)3/h15-25,29-31H,4-14H2,1-3H3/t15-,16+,17-,18+,19+,20-,21-,22+,23-,24-,25+,26+,27+/m0/s1. The van der Waals surface area contributed by atoms with E-state index in [2.05, 4.69) is 25.7 Å². The molecule has 0 amide bonds. The highest BCUT2D eigenvalue weighted by molar-refractivity contribution is 5.17. The summed E-state index contributed by atoms with van der Waals surface area (Å²) in [7, 11) is 0. The zero-order chi connectivity index (χ0) is 21.7. The van der Waals surface area contributed by atoms with Gasteiger partial charge in [-0.1, -0.05) is 20.8 Å². The lowest BCUT2D eigenvalue weighted by atomic mass is 9.50. The van der Waals surface area contributed by atoms with Crippen molar-refractivity contribution in [2.24, 2.45) is 52.8 Å². The van der Waals surface area contributed by atoms with Crippen LogP contribution in [0.1, 0.15) is 78.6 Å². The fraction of sp³-hybridized carbons (Fsp3) is 1.00. The van der Waals surface area contributed by atoms with Crippen molar-refractivity contribution in [3.05, 3.63) is 0 Å². The fourth-order valence-corrected chi connectivity index (χ4v) is 10.6. The Morgan fingerprint density at radius 2 is 1.58 bits per heavy atom. The Morgan fingerprint density at radius 1 is 0.774 bits per heavy atom. The summed E-state index contributed by atoms with van der Waals surface area (Å²) in [5, 5.41) is 33.8. The molecule has 176 valence electrons. The van der Waals surface area contributed by atoms with E-state index in [0.29, 0.717) is 17.8 Å². The molecule has 0 unspecified atom stereocenters. The Bertz CT molecular complexity index is 713. The molecule has 6 aliphatic rings. The van der Waals surface area contributed by atoms with Gasteiger partial charge in [0.05, 0.1) is 17.8 Å². The van der Waals surface area contributed by atoms with Gasteiger partial charge >= 0.3 is 0 Å². The molecule has 31 heavy (non-hydrogen) atoms. The normalized spacial score (nSPS) is 61.5. The van der Waals surface area contributed by atoms with Gasteiger partial charge in [-0.2, -0.15) is 0 Å². The lowest BCUT2D eigenvalue weighted by molar-refractivity contribution is -0.176. The minimum Gasteiger partial charge on any atom is -0.393 e. The van der Waals surface area contributed by atoms with Gasteiger partial charge in [-0.3, -0.25) is 4.90 Å². The average Bonchev–Trinajstić information content (AvgIpc) is 3.03. The van der Waals surface area contributed by atoms with E-state index in [4.69, 9.17) is 0 Å². The quantitative estimate of drug-likeness (QED) is 0.547. The zero-order valence-electron chi connectivity index (χ0n) is 19.9. The van der Waals surface area contributed by atoms with Gasteiger partial charge in [0.25, 0.3) is 0 Å². The third kappa shape index (κ3) is 2.93. The first kappa shape index (κ1) is 21.4. The molecule has 4 heteroatoms. The molecular formula is C27H45NO3. The van der Waals surface area contributed by atoms with Gasteiger partial charge in [0.2, 0.25) is 0 Å². The predicted octanol–water partition coefficient (Wildman–Crippen LogP) is 3.68. The van der Waals surface area contributed by atoms with Crippen molar-refractivity contribution >= 4 is 0 Å². The lowest BCUT2D eigenvalue weighted by Crippen LogP contribution is -2.62. The molecule has 0 aromatic heterocycles. The first-order valence-corrected chi connectivity index (χ1v) is 13.5. The van der Waals surface area contributed by atoms with Crippen LogP contribution in [-0.4, -0.2) is 57.2 Å². The first-order valence-electron chi connectivity index (χ1n) is 13.5. The second-order valence-corrected chi connectivity index (χ2v) is 13.3. The van der Waals surface area contributed by atoms with Crippen molar-refractivity contribution in [2.45, 2.75) is 102 Å². The largest absolute Gasteiger partial charge is 0.393 e. The third-order valence-corrected chi connectivity index (χ3v) is 12.1. The highest BCUT2D eigenvalue weighted by atomic mass is 16.3. The molecule has 0 aromatic carbocycles. The molecule has 4 nitrogen and oxygen atoms in total. The summed E-state index contributed by atoms with van der Waals surface area (Å²) < 4.78 is 0. The Balaban J connectivity index is 1.32. The van der Waals surface area contributed by atoms with Gasteiger partial charge < -0.3 is 15.3 Å². The topological polar surface area (TPSA) is 63.9 Å². The maximum Gasteiger partial charge on any atom is 0.0711 e. The number of rotatable bonds is 0. The third-order valence-electron chi connectivity index (χ3n) is 12.1. The van der Waals surface area contributed by atoms with Crippen LogP contribution in [0.4, 0.5) is 0 Å². The van der Waals surface area contributed by atoms with E-state index in [9.17, 15) is 15.3 Å². The monoisotopic (exact) mass is 431 g/mol. The molecule has 6 fully saturated rings. The van der Waals surface area contributed by atoms with Crippen molar-refractivity contribution in [2.75, 3.05) is 13.1 Å². The van der Waals surface area contributed by atoms with Crippen LogP contribution in [0.5, 0.6) is 0 Å². The Kier molecular flexibility index (Phi) is 4.94. The first-order chi connectivity index (χ1) is 14.7. The molecule has 0 aromatic rings. The van der Waals surface area contributed by atoms with E-state index in [1.807, 2.05) is 0 Å². The molecule has 2 aliphatic heterocycles. The second-order valence-electron chi connectivity index (χ2n) is 13.3. The van der Waals surface area contributed by atoms with E-state index in [-0.39, 0.29) is 29.5 Å². The number of hydrogen-bond donors (Lipinski definition) is 3. The Morgan fingerprint density at radius 3 is 2.39 bits per heavy atom. The van der Waals surface area contributed by atoms with Crippen molar-refractivity contribution in [3.63, 3.8) is 0 Å². The zero-order valence-corrected chi connectivity index (χ0v) is 19.9. The molecule has 3 N–H and O–H groups in total. The van der Waals surface area contributed by atoms with Gasteiger partial charge in [-0.15, -0.1) is 0 Å². The lowest BCUT2D eigenvalue weighted by Gasteiger charge is -2.59. The number of hydrogen-bond acceptors (Lipinski definition) is 4. The number of nitrogens with zero attached hydrogens (tertiary/aromatic N) is 1. The predicted molar refractivity (Wildman–Crippen MR) is 121 cm³/mol. The Hall–Kier alpha value is -0.160. The van der Waals surface area contributed by atoms with Crippen LogP contribution in [0.25, 0.3) is 0 Å². The van der Waals surface area contributed by atoms with Crippen molar-refractivity contribution in [1.29, 1.82) is 0 Å². The van der Waals surface area contributed by atoms with Gasteiger partial charge in [0.1, 0.15) is 0 Å². The number of aliphatic hydroxyl groups is 3. The van der Waals surface area contributed by atoms with E-state index in [1.54, 1.807) is 0 Å². The minimum absolute atomic E-state index is 0.0760. The minimum atomic E-state index is -0.579. The molecular weight excluding hydrogens is 386 g/mol. The molecule has 13 atom stereocenters. The van der Waals surface area contributed by atoms with Crippen LogP contribution < -0.4 is 0 Å². The smallest absolute Gasteiger partial charge is 0.0711 e. The van der Waals surface area contributed by atoms with Gasteiger partial charge in [0, 0.05) is 19.1 Å². The van der Waals surface area contributed by atoms with E-state index in [1.165, 1.54) is 32.4 Å². The van der Waals surface area contributed by atoms with Crippen LogP contribution in [0.15, 0.2) is 0 Å². The molecule has 0 bridgehead atoms. The van der Waals surface area contributed by atoms with Crippen LogP contribution in [-0.2, 0) is 0 Å². The van der Waals surface area contributed by atoms with Crippen molar-refractivity contribution in [1.82, 2.24) is 4.90 Å². The van der Waals surface area contributed by atoms with Gasteiger partial charge in [0.15, 0.2) is 0 Å². The highest BCUT2D eigenvalue weighted by Crippen LogP contribution is 2.68. The average molecular weight is 432 g/mol. The summed E-state index contributed by atoms with van der Waals surface area (Å²) in [4.78, 5) is 2.81. The van der Waals surface area contributed by atoms with Gasteiger partial charge in [-0.25, -0.2) is 0 Å². The number of aliphatic hydroxyl groups excluding tert-OH is 2. The SMILES string of the molecule is C[C@H]1CC[C@H]2[C@H](C)[C@H]3CC[C@]4(O)[C@@H]5C[C@@H](O)[C@@H]6C[C@@H](O)CC[C@]6(C)[C@H]5C[C@H]4[C@@H]3CN2C1. The second kappa shape index (κ2) is 7.17. The molecule has 2 heterocycles. The highest BCUT2D eigenvalue weighted by Gasteiger charge is 2.67. The molecule has 4 aliphatic carbocycles. The van der Waals surface area contributed by atoms with Crippen LogP contribution in [0, 0.1) is 52.8 Å². The molecule has 6 rings (SSSR count). The summed E-state index contributed by atoms with van der Waals surface area (Å²) in [6, 6.07) is 0.760. The fourth-order valence-electron chi connectivity index (χ4n) is 10.6. The maximum atomic E-state index is 12.3. The summed E-state index contributed by atoms with van der Waals surface area (Å²) in [6.45, 7) is 9.76. The summed E-state index contributed by atoms with van der Waals surface area (Å²) in [5.41, 5.74) is -0.503. The molecule has 2 saturated heterocycles. The van der Waals surface area contributed by atoms with Crippen LogP contribution in [0.2, 0.25) is 0 Å². The van der Waals surface area contributed by atoms with Crippen LogP contribution >= 0.6 is 0 Å². The van der Waals surface area contributed by atoms with Crippen LogP contribution in [0.3, 0.4) is 0 Å². The number of piperidine rings is 2. The summed E-state index contributed by atoms with van der Waals surface area (Å²) in [6.07, 6.45) is 8.78. The summed E-state index contributed by atoms with van der Waals surface area (Å²) in [5.74, 6) is 4.30. The molecule has 0 spiro atoms. The van der Waals surface area contributed by atoms with Gasteiger partial charge in [-0.05, 0) is 111 Å². The number of fused-ring (bicyclic) bond motifs is 8. The summed E-state index contributed by atoms with van der Waals surface area (Å²) >= 11 is 0. The van der Waals surface area contributed by atoms with E-state index in [0.717, 1.165) is 62.3 Å². The Labute approximate surface area is 188 Å². The molecule has 4 saturated carbocycles. The maximum absolute atomic E-state index is 12.3. The van der Waals surface area contributed by atoms with Crippen molar-refractivity contribution in [3.8, 4) is 0 Å². The van der Waals surface area contributed by atoms with E-state index < -0.39 is 5.60 Å². The van der Waals surface area contributed by atoms with Crippen molar-refractivity contribution < 1.29 is 15.3 Å². The van der Waals surface area contributed by atoms with E-state index >= 15 is 0 Å². The molecule has 0 radical (unpaired) electrons.